The van der Waals surface area contributed by atoms with Gasteiger partial charge < -0.3 is 10.0 Å². The van der Waals surface area contributed by atoms with Gasteiger partial charge in [0, 0.05) is 11.3 Å². The fourth-order valence-corrected chi connectivity index (χ4v) is 3.34. The first-order valence-corrected chi connectivity index (χ1v) is 7.54. The van der Waals surface area contributed by atoms with E-state index >= 15 is 0 Å². The largest absolute Gasteiger partial charge is 0.480 e. The van der Waals surface area contributed by atoms with Crippen LogP contribution in [0.4, 0.5) is 0 Å². The van der Waals surface area contributed by atoms with Crippen molar-refractivity contribution in [1.29, 1.82) is 0 Å². The average Bonchev–Trinajstić information content (AvgIpc) is 3.17. The lowest BCUT2D eigenvalue weighted by Gasteiger charge is -2.19. The number of hydrogen-bond donors (Lipinski definition) is 2. The molecule has 1 atom stereocenters. The van der Waals surface area contributed by atoms with Crippen molar-refractivity contribution in [1.82, 2.24) is 15.1 Å². The lowest BCUT2D eigenvalue weighted by atomic mass is 10.1. The summed E-state index contributed by atoms with van der Waals surface area (Å²) < 4.78 is 0. The predicted octanol–water partition coefficient (Wildman–Crippen LogP) is 1.68. The number of carboxylic acid groups (broad SMARTS) is 1. The summed E-state index contributed by atoms with van der Waals surface area (Å²) in [6, 6.07) is 10.4. The van der Waals surface area contributed by atoms with Crippen molar-refractivity contribution in [3.8, 4) is 11.3 Å². The second kappa shape index (κ2) is 5.61. The molecule has 108 valence electrons. The van der Waals surface area contributed by atoms with Crippen LogP contribution >= 0.6 is 11.8 Å². The van der Waals surface area contributed by atoms with E-state index in [1.165, 1.54) is 16.7 Å². The third-order valence-electron chi connectivity index (χ3n) is 3.31. The molecule has 1 aliphatic heterocycles. The Morgan fingerprint density at radius 2 is 2.10 bits per heavy atom. The summed E-state index contributed by atoms with van der Waals surface area (Å²) in [7, 11) is 0. The van der Waals surface area contributed by atoms with Crippen molar-refractivity contribution in [3.05, 3.63) is 42.1 Å². The Hall–Kier alpha value is -2.28. The Morgan fingerprint density at radius 3 is 2.81 bits per heavy atom. The van der Waals surface area contributed by atoms with Crippen molar-refractivity contribution in [2.45, 2.75) is 6.04 Å². The number of amides is 1. The average molecular weight is 303 g/mol. The number of thioether (sulfide) groups is 1. The van der Waals surface area contributed by atoms with Gasteiger partial charge in [-0.3, -0.25) is 9.89 Å². The van der Waals surface area contributed by atoms with Gasteiger partial charge >= 0.3 is 5.97 Å². The van der Waals surface area contributed by atoms with E-state index in [-0.39, 0.29) is 5.91 Å². The molecule has 7 heteroatoms. The number of nitrogens with one attached hydrogen (secondary N) is 1. The van der Waals surface area contributed by atoms with Gasteiger partial charge in [-0.05, 0) is 6.07 Å². The van der Waals surface area contributed by atoms with Gasteiger partial charge in [-0.2, -0.15) is 5.10 Å². The number of nitrogens with zero attached hydrogens (tertiary/aromatic N) is 2. The molecule has 3 rings (SSSR count). The predicted molar refractivity (Wildman–Crippen MR) is 78.9 cm³/mol. The van der Waals surface area contributed by atoms with Gasteiger partial charge in [-0.15, -0.1) is 11.8 Å². The molecule has 2 heterocycles. The van der Waals surface area contributed by atoms with Crippen LogP contribution in [0.5, 0.6) is 0 Å². The molecule has 0 aliphatic carbocycles. The molecule has 2 aromatic rings. The molecule has 0 unspecified atom stereocenters. The number of aromatic nitrogens is 2. The minimum absolute atomic E-state index is 0.308. The zero-order valence-corrected chi connectivity index (χ0v) is 11.8. The standard InChI is InChI=1S/C14H13N3O3S/c18-13(17-8-21-7-12(17)14(19)20)11-6-10(15-16-11)9-4-2-1-3-5-9/h1-6,12H,7-8H2,(H,15,16)(H,19,20)/t12-/m0/s1. The summed E-state index contributed by atoms with van der Waals surface area (Å²) in [4.78, 5) is 24.9. The number of carbonyl (C=O) groups excluding carboxylic acids is 1. The third kappa shape index (κ3) is 2.64. The molecule has 6 nitrogen and oxygen atoms in total. The lowest BCUT2D eigenvalue weighted by molar-refractivity contribution is -0.140. The van der Waals surface area contributed by atoms with Gasteiger partial charge in [0.2, 0.25) is 0 Å². The summed E-state index contributed by atoms with van der Waals surface area (Å²) in [5, 5.41) is 15.9. The first-order chi connectivity index (χ1) is 10.2. The normalized spacial score (nSPS) is 17.9. The molecule has 0 bridgehead atoms. The molecule has 1 aromatic heterocycles. The van der Waals surface area contributed by atoms with E-state index in [0.717, 1.165) is 5.56 Å². The van der Waals surface area contributed by atoms with Crippen LogP contribution in [-0.2, 0) is 4.79 Å². The smallest absolute Gasteiger partial charge is 0.327 e. The summed E-state index contributed by atoms with van der Waals surface area (Å²) >= 11 is 1.43. The highest BCUT2D eigenvalue weighted by Crippen LogP contribution is 2.24. The van der Waals surface area contributed by atoms with Gasteiger partial charge in [0.1, 0.15) is 11.7 Å². The number of benzene rings is 1. The molecule has 0 radical (unpaired) electrons. The van der Waals surface area contributed by atoms with Crippen molar-refractivity contribution in [3.63, 3.8) is 0 Å². The van der Waals surface area contributed by atoms with Crippen molar-refractivity contribution in [2.75, 3.05) is 11.6 Å². The van der Waals surface area contributed by atoms with Gasteiger partial charge in [0.25, 0.3) is 5.91 Å². The first-order valence-electron chi connectivity index (χ1n) is 6.39. The molecule has 1 saturated heterocycles. The summed E-state index contributed by atoms with van der Waals surface area (Å²) in [5.41, 5.74) is 1.87. The van der Waals surface area contributed by atoms with Crippen LogP contribution in [0.1, 0.15) is 10.5 Å². The van der Waals surface area contributed by atoms with E-state index in [1.54, 1.807) is 6.07 Å². The Bertz CT molecular complexity index is 671. The maximum Gasteiger partial charge on any atom is 0.327 e. The number of rotatable bonds is 3. The Balaban J connectivity index is 1.83. The molecule has 0 spiro atoms. The summed E-state index contributed by atoms with van der Waals surface area (Å²) in [6.07, 6.45) is 0. The van der Waals surface area contributed by atoms with E-state index < -0.39 is 12.0 Å². The minimum Gasteiger partial charge on any atom is -0.480 e. The molecule has 21 heavy (non-hydrogen) atoms. The van der Waals surface area contributed by atoms with Crippen LogP contribution < -0.4 is 0 Å². The molecular weight excluding hydrogens is 290 g/mol. The van der Waals surface area contributed by atoms with Crippen molar-refractivity contribution >= 4 is 23.6 Å². The monoisotopic (exact) mass is 303 g/mol. The van der Waals surface area contributed by atoms with Crippen LogP contribution in [-0.4, -0.2) is 49.8 Å². The highest BCUT2D eigenvalue weighted by molar-refractivity contribution is 7.99. The molecule has 1 aliphatic rings. The third-order valence-corrected chi connectivity index (χ3v) is 4.32. The Morgan fingerprint density at radius 1 is 1.33 bits per heavy atom. The van der Waals surface area contributed by atoms with Crippen LogP contribution in [0.25, 0.3) is 11.3 Å². The maximum absolute atomic E-state index is 12.4. The van der Waals surface area contributed by atoms with Gasteiger partial charge in [0.15, 0.2) is 0 Å². The topological polar surface area (TPSA) is 86.3 Å². The molecular formula is C14H13N3O3S. The number of hydrogen-bond acceptors (Lipinski definition) is 4. The fraction of sp³-hybridized carbons (Fsp3) is 0.214. The second-order valence-electron chi connectivity index (χ2n) is 4.66. The molecule has 0 saturated carbocycles. The van der Waals surface area contributed by atoms with Gasteiger partial charge in [-0.1, -0.05) is 30.3 Å². The lowest BCUT2D eigenvalue weighted by Crippen LogP contribution is -2.41. The maximum atomic E-state index is 12.4. The zero-order valence-electron chi connectivity index (χ0n) is 11.0. The SMILES string of the molecule is O=C(O)[C@@H]1CSCN1C(=O)c1cc(-c2ccccc2)n[nH]1. The summed E-state index contributed by atoms with van der Waals surface area (Å²) in [6.45, 7) is 0. The van der Waals surface area contributed by atoms with E-state index in [1.807, 2.05) is 30.3 Å². The van der Waals surface area contributed by atoms with Crippen molar-refractivity contribution in [2.24, 2.45) is 0 Å². The number of carboxylic acids is 1. The summed E-state index contributed by atoms with van der Waals surface area (Å²) in [5.74, 6) is -0.505. The molecule has 1 amide bonds. The fourth-order valence-electron chi connectivity index (χ4n) is 2.19. The quantitative estimate of drug-likeness (QED) is 0.901. The van der Waals surface area contributed by atoms with E-state index in [2.05, 4.69) is 10.2 Å². The van der Waals surface area contributed by atoms with E-state index in [0.29, 0.717) is 23.0 Å². The highest BCUT2D eigenvalue weighted by atomic mass is 32.2. The van der Waals surface area contributed by atoms with Crippen LogP contribution in [0, 0.1) is 0 Å². The van der Waals surface area contributed by atoms with Gasteiger partial charge in [0.05, 0.1) is 11.6 Å². The number of H-pyrrole nitrogens is 1. The first kappa shape index (κ1) is 13.7. The van der Waals surface area contributed by atoms with Crippen LogP contribution in [0.2, 0.25) is 0 Å². The molecule has 1 fully saturated rings. The number of carbonyl (C=O) groups is 2. The zero-order chi connectivity index (χ0) is 14.8. The van der Waals surface area contributed by atoms with Gasteiger partial charge in [-0.25, -0.2) is 4.79 Å². The van der Waals surface area contributed by atoms with E-state index in [9.17, 15) is 9.59 Å². The van der Waals surface area contributed by atoms with Crippen molar-refractivity contribution < 1.29 is 14.7 Å². The second-order valence-corrected chi connectivity index (χ2v) is 5.66. The molecule has 2 N–H and O–H groups in total. The number of aromatic amines is 1. The van der Waals surface area contributed by atoms with E-state index in [4.69, 9.17) is 5.11 Å². The highest BCUT2D eigenvalue weighted by Gasteiger charge is 2.35. The molecule has 1 aromatic carbocycles. The Kier molecular flexibility index (Phi) is 3.66. The van der Waals surface area contributed by atoms with Crippen LogP contribution in [0.15, 0.2) is 36.4 Å². The van der Waals surface area contributed by atoms with Crippen LogP contribution in [0.3, 0.4) is 0 Å². The Labute approximate surface area is 125 Å². The number of aliphatic carboxylic acids is 1. The minimum atomic E-state index is -0.976.